The monoisotopic (exact) mass is 251 g/mol. The summed E-state index contributed by atoms with van der Waals surface area (Å²) in [7, 11) is 2.16. The standard InChI is InChI=1S/C13H21N3S/c1-11(2)16(3)6-4-5-15-9-13-7-12(8-14)10-17-13/h7,10-11,15H,4-6,9H2,1-3H3. The van der Waals surface area contributed by atoms with Crippen molar-refractivity contribution in [1.29, 1.82) is 5.26 Å². The molecule has 1 rings (SSSR count). The van der Waals surface area contributed by atoms with Gasteiger partial charge in [-0.25, -0.2) is 0 Å². The van der Waals surface area contributed by atoms with Gasteiger partial charge in [-0.3, -0.25) is 0 Å². The number of rotatable bonds is 7. The summed E-state index contributed by atoms with van der Waals surface area (Å²) >= 11 is 1.65. The molecule has 0 aliphatic rings. The molecule has 0 aliphatic heterocycles. The Labute approximate surface area is 108 Å². The first kappa shape index (κ1) is 14.2. The molecule has 0 atom stereocenters. The first-order chi connectivity index (χ1) is 8.13. The van der Waals surface area contributed by atoms with Crippen molar-refractivity contribution in [3.8, 4) is 6.07 Å². The third-order valence-electron chi connectivity index (χ3n) is 2.83. The lowest BCUT2D eigenvalue weighted by molar-refractivity contribution is 0.269. The van der Waals surface area contributed by atoms with Crippen molar-refractivity contribution in [3.05, 3.63) is 21.9 Å². The summed E-state index contributed by atoms with van der Waals surface area (Å²) in [5.74, 6) is 0. The van der Waals surface area contributed by atoms with Crippen LogP contribution in [0.15, 0.2) is 11.4 Å². The predicted molar refractivity (Wildman–Crippen MR) is 73.1 cm³/mol. The zero-order valence-corrected chi connectivity index (χ0v) is 11.7. The number of hydrogen-bond acceptors (Lipinski definition) is 4. The fourth-order valence-electron chi connectivity index (χ4n) is 1.46. The second-order valence-corrected chi connectivity index (χ2v) is 5.51. The summed E-state index contributed by atoms with van der Waals surface area (Å²) in [4.78, 5) is 3.58. The van der Waals surface area contributed by atoms with Crippen LogP contribution in [-0.2, 0) is 6.54 Å². The van der Waals surface area contributed by atoms with Crippen LogP contribution in [0, 0.1) is 11.3 Å². The Balaban J connectivity index is 2.10. The molecule has 0 spiro atoms. The van der Waals surface area contributed by atoms with Crippen molar-refractivity contribution in [2.24, 2.45) is 0 Å². The largest absolute Gasteiger partial charge is 0.312 e. The Bertz CT molecular complexity index is 365. The Morgan fingerprint density at radius 1 is 1.53 bits per heavy atom. The minimum absolute atomic E-state index is 0.616. The van der Waals surface area contributed by atoms with Gasteiger partial charge >= 0.3 is 0 Å². The number of nitriles is 1. The fourth-order valence-corrected chi connectivity index (χ4v) is 2.23. The van der Waals surface area contributed by atoms with E-state index in [1.54, 1.807) is 11.3 Å². The van der Waals surface area contributed by atoms with Crippen molar-refractivity contribution < 1.29 is 0 Å². The van der Waals surface area contributed by atoms with Gasteiger partial charge in [-0.2, -0.15) is 5.26 Å². The van der Waals surface area contributed by atoms with E-state index in [4.69, 9.17) is 5.26 Å². The highest BCUT2D eigenvalue weighted by Crippen LogP contribution is 2.13. The Morgan fingerprint density at radius 2 is 2.29 bits per heavy atom. The molecule has 0 saturated heterocycles. The van der Waals surface area contributed by atoms with Crippen LogP contribution in [-0.4, -0.2) is 31.1 Å². The average molecular weight is 251 g/mol. The molecule has 0 bridgehead atoms. The highest BCUT2D eigenvalue weighted by molar-refractivity contribution is 7.10. The Hall–Kier alpha value is -0.890. The van der Waals surface area contributed by atoms with E-state index in [0.717, 1.165) is 31.6 Å². The van der Waals surface area contributed by atoms with Crippen LogP contribution in [0.1, 0.15) is 30.7 Å². The molecular weight excluding hydrogens is 230 g/mol. The maximum absolute atomic E-state index is 8.70. The zero-order chi connectivity index (χ0) is 12.7. The molecule has 3 nitrogen and oxygen atoms in total. The minimum Gasteiger partial charge on any atom is -0.312 e. The second kappa shape index (κ2) is 7.44. The molecule has 17 heavy (non-hydrogen) atoms. The highest BCUT2D eigenvalue weighted by atomic mass is 32.1. The lowest BCUT2D eigenvalue weighted by Gasteiger charge is -2.20. The van der Waals surface area contributed by atoms with E-state index in [1.807, 2.05) is 11.4 Å². The van der Waals surface area contributed by atoms with E-state index in [-0.39, 0.29) is 0 Å². The zero-order valence-electron chi connectivity index (χ0n) is 10.9. The van der Waals surface area contributed by atoms with E-state index in [1.165, 1.54) is 4.88 Å². The topological polar surface area (TPSA) is 39.1 Å². The first-order valence-corrected chi connectivity index (χ1v) is 6.90. The maximum atomic E-state index is 8.70. The molecule has 1 heterocycles. The van der Waals surface area contributed by atoms with Gasteiger partial charge in [0.05, 0.1) is 5.56 Å². The van der Waals surface area contributed by atoms with Gasteiger partial charge in [-0.15, -0.1) is 11.3 Å². The van der Waals surface area contributed by atoms with E-state index in [2.05, 4.69) is 37.2 Å². The Kier molecular flexibility index (Phi) is 6.20. The minimum atomic E-state index is 0.616. The smallest absolute Gasteiger partial charge is 0.100 e. The fraction of sp³-hybridized carbons (Fsp3) is 0.615. The Morgan fingerprint density at radius 3 is 2.88 bits per heavy atom. The molecule has 4 heteroatoms. The number of nitrogens with zero attached hydrogens (tertiary/aromatic N) is 2. The second-order valence-electron chi connectivity index (χ2n) is 4.52. The summed E-state index contributed by atoms with van der Waals surface area (Å²) in [6.07, 6.45) is 1.16. The van der Waals surface area contributed by atoms with Gasteiger partial charge in [0.2, 0.25) is 0 Å². The van der Waals surface area contributed by atoms with Crippen molar-refractivity contribution in [1.82, 2.24) is 10.2 Å². The summed E-state index contributed by atoms with van der Waals surface area (Å²) < 4.78 is 0. The molecule has 0 aliphatic carbocycles. The highest BCUT2D eigenvalue weighted by Gasteiger charge is 2.02. The van der Waals surface area contributed by atoms with Crippen LogP contribution in [0.3, 0.4) is 0 Å². The molecule has 0 fully saturated rings. The molecule has 0 unspecified atom stereocenters. The van der Waals surface area contributed by atoms with Gasteiger partial charge in [0.25, 0.3) is 0 Å². The summed E-state index contributed by atoms with van der Waals surface area (Å²) in [6.45, 7) is 7.44. The lowest BCUT2D eigenvalue weighted by atomic mass is 10.3. The molecule has 1 N–H and O–H groups in total. The van der Waals surface area contributed by atoms with Crippen LogP contribution in [0.25, 0.3) is 0 Å². The van der Waals surface area contributed by atoms with Gasteiger partial charge in [-0.05, 0) is 46.5 Å². The van der Waals surface area contributed by atoms with Crippen LogP contribution in [0.5, 0.6) is 0 Å². The molecule has 0 saturated carbocycles. The summed E-state index contributed by atoms with van der Waals surface area (Å²) in [6, 6.07) is 4.72. The first-order valence-electron chi connectivity index (χ1n) is 6.02. The molecule has 94 valence electrons. The van der Waals surface area contributed by atoms with Crippen molar-refractivity contribution in [2.75, 3.05) is 20.1 Å². The van der Waals surface area contributed by atoms with Gasteiger partial charge in [-0.1, -0.05) is 0 Å². The van der Waals surface area contributed by atoms with Crippen molar-refractivity contribution in [2.45, 2.75) is 32.9 Å². The third-order valence-corrected chi connectivity index (χ3v) is 3.76. The molecule has 0 amide bonds. The molecule has 1 aromatic heterocycles. The van der Waals surface area contributed by atoms with Crippen LogP contribution in [0.2, 0.25) is 0 Å². The van der Waals surface area contributed by atoms with Crippen LogP contribution < -0.4 is 5.32 Å². The molecule has 0 aromatic carbocycles. The molecule has 0 radical (unpaired) electrons. The van der Waals surface area contributed by atoms with Crippen molar-refractivity contribution >= 4 is 11.3 Å². The maximum Gasteiger partial charge on any atom is 0.100 e. The lowest BCUT2D eigenvalue weighted by Crippen LogP contribution is -2.29. The van der Waals surface area contributed by atoms with Gasteiger partial charge in [0.1, 0.15) is 6.07 Å². The van der Waals surface area contributed by atoms with Gasteiger partial charge in [0, 0.05) is 22.8 Å². The average Bonchev–Trinajstić information content (AvgIpc) is 2.76. The predicted octanol–water partition coefficient (Wildman–Crippen LogP) is 2.44. The summed E-state index contributed by atoms with van der Waals surface area (Å²) in [5, 5.41) is 14.0. The summed E-state index contributed by atoms with van der Waals surface area (Å²) in [5.41, 5.74) is 0.770. The number of nitrogens with one attached hydrogen (secondary N) is 1. The van der Waals surface area contributed by atoms with E-state index in [9.17, 15) is 0 Å². The van der Waals surface area contributed by atoms with E-state index < -0.39 is 0 Å². The normalized spacial score (nSPS) is 11.1. The van der Waals surface area contributed by atoms with Crippen LogP contribution >= 0.6 is 11.3 Å². The molecular formula is C13H21N3S. The molecule has 1 aromatic rings. The van der Waals surface area contributed by atoms with E-state index >= 15 is 0 Å². The van der Waals surface area contributed by atoms with Crippen LogP contribution in [0.4, 0.5) is 0 Å². The van der Waals surface area contributed by atoms with E-state index in [0.29, 0.717) is 6.04 Å². The third kappa shape index (κ3) is 5.31. The van der Waals surface area contributed by atoms with Gasteiger partial charge in [0.15, 0.2) is 0 Å². The SMILES string of the molecule is CC(C)N(C)CCCNCc1cc(C#N)cs1. The van der Waals surface area contributed by atoms with Gasteiger partial charge < -0.3 is 10.2 Å². The quantitative estimate of drug-likeness (QED) is 0.757. The number of hydrogen-bond donors (Lipinski definition) is 1. The number of thiophene rings is 1. The van der Waals surface area contributed by atoms with Crippen molar-refractivity contribution in [3.63, 3.8) is 0 Å².